The molecular weight excluding hydrogens is 330 g/mol. The van der Waals surface area contributed by atoms with Gasteiger partial charge in [-0.15, -0.1) is 0 Å². The van der Waals surface area contributed by atoms with Gasteiger partial charge in [0, 0.05) is 18.7 Å². The summed E-state index contributed by atoms with van der Waals surface area (Å²) >= 11 is 3.11. The molecule has 0 bridgehead atoms. The molecule has 2 aromatic heterocycles. The molecule has 7 nitrogen and oxygen atoms in total. The Balaban J connectivity index is 1.89. The Hall–Kier alpha value is -2.09. The smallest absolute Gasteiger partial charge is 0.291 e. The van der Waals surface area contributed by atoms with Crippen molar-refractivity contribution in [2.45, 2.75) is 19.4 Å². The standard InChI is InChI=1S/C12H12BrN3O4/c13-10-4-3-9(20-10)12(19)15-8-6-14-16(7-8)5-1-2-11(17)18/h3-4,6-7H,1-2,5H2,(H,15,19)(H,17,18)/p-1. The van der Waals surface area contributed by atoms with Gasteiger partial charge in [0.25, 0.3) is 5.91 Å². The van der Waals surface area contributed by atoms with Gasteiger partial charge in [-0.05, 0) is 40.9 Å². The van der Waals surface area contributed by atoms with Crippen LogP contribution in [0.2, 0.25) is 0 Å². The van der Waals surface area contributed by atoms with E-state index in [2.05, 4.69) is 26.3 Å². The van der Waals surface area contributed by atoms with Crippen LogP contribution in [0.25, 0.3) is 0 Å². The fourth-order valence-corrected chi connectivity index (χ4v) is 1.87. The van der Waals surface area contributed by atoms with Crippen LogP contribution >= 0.6 is 15.9 Å². The summed E-state index contributed by atoms with van der Waals surface area (Å²) in [6, 6.07) is 3.17. The van der Waals surface area contributed by atoms with E-state index >= 15 is 0 Å². The first-order valence-electron chi connectivity index (χ1n) is 5.83. The van der Waals surface area contributed by atoms with Gasteiger partial charge < -0.3 is 19.6 Å². The van der Waals surface area contributed by atoms with Crippen LogP contribution in [0.5, 0.6) is 0 Å². The van der Waals surface area contributed by atoms with Crippen LogP contribution in [-0.2, 0) is 11.3 Å². The second-order valence-electron chi connectivity index (χ2n) is 4.03. The van der Waals surface area contributed by atoms with E-state index in [4.69, 9.17) is 4.42 Å². The van der Waals surface area contributed by atoms with Crippen LogP contribution in [0.4, 0.5) is 5.69 Å². The molecule has 106 valence electrons. The number of hydrogen-bond donors (Lipinski definition) is 1. The maximum atomic E-state index is 11.8. The minimum absolute atomic E-state index is 0.0258. The third-order valence-electron chi connectivity index (χ3n) is 2.46. The number of hydrogen-bond acceptors (Lipinski definition) is 5. The molecule has 8 heteroatoms. The van der Waals surface area contributed by atoms with Gasteiger partial charge in [0.1, 0.15) is 0 Å². The van der Waals surface area contributed by atoms with E-state index in [9.17, 15) is 14.7 Å². The third kappa shape index (κ3) is 3.95. The molecule has 0 saturated carbocycles. The quantitative estimate of drug-likeness (QED) is 0.846. The van der Waals surface area contributed by atoms with Gasteiger partial charge in [-0.2, -0.15) is 5.10 Å². The molecule has 20 heavy (non-hydrogen) atoms. The highest BCUT2D eigenvalue weighted by molar-refractivity contribution is 9.10. The number of carboxylic acid groups (broad SMARTS) is 1. The average molecular weight is 341 g/mol. The van der Waals surface area contributed by atoms with Crippen molar-refractivity contribution in [3.63, 3.8) is 0 Å². The summed E-state index contributed by atoms with van der Waals surface area (Å²) in [6.07, 6.45) is 3.49. The van der Waals surface area contributed by atoms with Crippen LogP contribution in [0.3, 0.4) is 0 Å². The molecule has 0 atom stereocenters. The number of amides is 1. The zero-order valence-corrected chi connectivity index (χ0v) is 11.9. The Morgan fingerprint density at radius 3 is 2.90 bits per heavy atom. The first-order valence-corrected chi connectivity index (χ1v) is 6.63. The highest BCUT2D eigenvalue weighted by Gasteiger charge is 2.11. The molecule has 2 rings (SSSR count). The lowest BCUT2D eigenvalue weighted by atomic mass is 10.3. The molecule has 0 radical (unpaired) electrons. The van der Waals surface area contributed by atoms with Crippen molar-refractivity contribution < 1.29 is 19.1 Å². The molecule has 1 N–H and O–H groups in total. The third-order valence-corrected chi connectivity index (χ3v) is 2.88. The fourth-order valence-electron chi connectivity index (χ4n) is 1.56. The van der Waals surface area contributed by atoms with Gasteiger partial charge in [0.05, 0.1) is 11.9 Å². The van der Waals surface area contributed by atoms with Crippen molar-refractivity contribution in [3.8, 4) is 0 Å². The van der Waals surface area contributed by atoms with E-state index < -0.39 is 5.97 Å². The van der Waals surface area contributed by atoms with Crippen LogP contribution < -0.4 is 10.4 Å². The van der Waals surface area contributed by atoms with E-state index in [1.165, 1.54) is 6.20 Å². The van der Waals surface area contributed by atoms with Gasteiger partial charge >= 0.3 is 0 Å². The number of anilines is 1. The molecule has 0 aromatic carbocycles. The topological polar surface area (TPSA) is 100 Å². The highest BCUT2D eigenvalue weighted by atomic mass is 79.9. The van der Waals surface area contributed by atoms with Crippen LogP contribution in [0, 0.1) is 0 Å². The van der Waals surface area contributed by atoms with Crippen LogP contribution in [0.1, 0.15) is 23.4 Å². The lowest BCUT2D eigenvalue weighted by Gasteiger charge is -2.02. The van der Waals surface area contributed by atoms with E-state index in [1.807, 2.05) is 0 Å². The molecule has 2 aromatic rings. The molecule has 2 heterocycles. The molecule has 0 aliphatic carbocycles. The summed E-state index contributed by atoms with van der Waals surface area (Å²) in [5.41, 5.74) is 0.510. The van der Waals surface area contributed by atoms with E-state index in [0.29, 0.717) is 23.3 Å². The maximum absolute atomic E-state index is 11.8. The van der Waals surface area contributed by atoms with Crippen molar-refractivity contribution in [2.75, 3.05) is 5.32 Å². The van der Waals surface area contributed by atoms with E-state index in [0.717, 1.165) is 0 Å². The predicted octanol–water partition coefficient (Wildman–Crippen LogP) is 1.02. The van der Waals surface area contributed by atoms with Gasteiger partial charge in [0.2, 0.25) is 0 Å². The highest BCUT2D eigenvalue weighted by Crippen LogP contribution is 2.15. The minimum Gasteiger partial charge on any atom is -0.550 e. The Labute approximate surface area is 122 Å². The number of furan rings is 1. The van der Waals surface area contributed by atoms with Gasteiger partial charge in [-0.3, -0.25) is 9.48 Å². The lowest BCUT2D eigenvalue weighted by molar-refractivity contribution is -0.305. The number of carboxylic acids is 1. The van der Waals surface area contributed by atoms with E-state index in [1.54, 1.807) is 23.0 Å². The Morgan fingerprint density at radius 2 is 2.25 bits per heavy atom. The summed E-state index contributed by atoms with van der Waals surface area (Å²) in [7, 11) is 0. The Morgan fingerprint density at radius 1 is 1.45 bits per heavy atom. The number of aryl methyl sites for hydroxylation is 1. The molecule has 0 spiro atoms. The molecule has 0 aliphatic rings. The molecule has 0 unspecified atom stereocenters. The van der Waals surface area contributed by atoms with Gasteiger partial charge in [-0.25, -0.2) is 0 Å². The average Bonchev–Trinajstić information content (AvgIpc) is 2.98. The second kappa shape index (κ2) is 6.38. The summed E-state index contributed by atoms with van der Waals surface area (Å²) < 4.78 is 7.15. The normalized spacial score (nSPS) is 10.4. The first-order chi connectivity index (χ1) is 9.54. The molecule has 0 saturated heterocycles. The summed E-state index contributed by atoms with van der Waals surface area (Å²) in [4.78, 5) is 22.1. The largest absolute Gasteiger partial charge is 0.550 e. The van der Waals surface area contributed by atoms with E-state index in [-0.39, 0.29) is 18.1 Å². The number of nitrogens with zero attached hydrogens (tertiary/aromatic N) is 2. The predicted molar refractivity (Wildman–Crippen MR) is 70.8 cm³/mol. The van der Waals surface area contributed by atoms with Crippen molar-refractivity contribution in [3.05, 3.63) is 35.0 Å². The summed E-state index contributed by atoms with van der Waals surface area (Å²) in [6.45, 7) is 0.441. The Kier molecular flexibility index (Phi) is 4.57. The number of rotatable bonds is 6. The van der Waals surface area contributed by atoms with Gasteiger partial charge in [0.15, 0.2) is 10.4 Å². The van der Waals surface area contributed by atoms with Crippen LogP contribution in [-0.4, -0.2) is 21.7 Å². The van der Waals surface area contributed by atoms with Crippen molar-refractivity contribution >= 4 is 33.5 Å². The minimum atomic E-state index is -1.09. The number of nitrogens with one attached hydrogen (secondary N) is 1. The van der Waals surface area contributed by atoms with Gasteiger partial charge in [-0.1, -0.05) is 0 Å². The first kappa shape index (κ1) is 14.3. The van der Waals surface area contributed by atoms with Crippen molar-refractivity contribution in [2.24, 2.45) is 0 Å². The SMILES string of the molecule is O=C([O-])CCCn1cc(NC(=O)c2ccc(Br)o2)cn1. The fraction of sp³-hybridized carbons (Fsp3) is 0.250. The molecular formula is C12H11BrN3O4-. The second-order valence-corrected chi connectivity index (χ2v) is 4.81. The molecule has 1 amide bonds. The van der Waals surface area contributed by atoms with Crippen molar-refractivity contribution in [1.82, 2.24) is 9.78 Å². The van der Waals surface area contributed by atoms with Crippen LogP contribution in [0.15, 0.2) is 33.6 Å². The zero-order valence-electron chi connectivity index (χ0n) is 10.3. The summed E-state index contributed by atoms with van der Waals surface area (Å²) in [5, 5.41) is 16.9. The number of aliphatic carboxylic acids is 1. The van der Waals surface area contributed by atoms with Crippen molar-refractivity contribution in [1.29, 1.82) is 0 Å². The number of aromatic nitrogens is 2. The molecule has 0 aliphatic heterocycles. The maximum Gasteiger partial charge on any atom is 0.291 e. The monoisotopic (exact) mass is 340 g/mol. The summed E-state index contributed by atoms with van der Waals surface area (Å²) in [5.74, 6) is -1.29. The number of carbonyl (C=O) groups excluding carboxylic acids is 2. The molecule has 0 fully saturated rings. The lowest BCUT2D eigenvalue weighted by Crippen LogP contribution is -2.22. The number of halogens is 1. The zero-order chi connectivity index (χ0) is 14.5. The Bertz CT molecular complexity index is 620. The number of carbonyl (C=O) groups is 2.